The molecule has 0 saturated heterocycles. The molecule has 1 heterocycles. The average Bonchev–Trinajstić information content (AvgIpc) is 2.26. The average molecular weight is 194 g/mol. The first-order valence-electron chi connectivity index (χ1n) is 4.96. The van der Waals surface area contributed by atoms with Crippen LogP contribution in [0.3, 0.4) is 0 Å². The van der Waals surface area contributed by atoms with Crippen molar-refractivity contribution in [2.75, 3.05) is 13.7 Å². The number of rotatable bonds is 4. The third-order valence-corrected chi connectivity index (χ3v) is 2.18. The first-order chi connectivity index (χ1) is 6.77. The minimum Gasteiger partial charge on any atom is -0.378 e. The number of nitrogens with zero attached hydrogens (tertiary/aromatic N) is 2. The van der Waals surface area contributed by atoms with Crippen molar-refractivity contribution >= 4 is 6.34 Å². The maximum atomic E-state index is 5.20. The van der Waals surface area contributed by atoms with E-state index in [-0.39, 0.29) is 6.10 Å². The normalized spacial score (nSPS) is 18.8. The molecule has 78 valence electrons. The van der Waals surface area contributed by atoms with Gasteiger partial charge in [-0.05, 0) is 25.5 Å². The largest absolute Gasteiger partial charge is 0.378 e. The zero-order valence-corrected chi connectivity index (χ0v) is 9.10. The van der Waals surface area contributed by atoms with E-state index in [9.17, 15) is 0 Å². The summed E-state index contributed by atoms with van der Waals surface area (Å²) in [7, 11) is 1.72. The monoisotopic (exact) mass is 194 g/mol. The van der Waals surface area contributed by atoms with E-state index in [0.29, 0.717) is 0 Å². The molecule has 0 N–H and O–H groups in total. The molecule has 14 heavy (non-hydrogen) atoms. The van der Waals surface area contributed by atoms with Crippen molar-refractivity contribution in [3.8, 4) is 0 Å². The van der Waals surface area contributed by atoms with Crippen LogP contribution in [0, 0.1) is 0 Å². The van der Waals surface area contributed by atoms with Gasteiger partial charge in [-0.2, -0.15) is 0 Å². The Labute approximate surface area is 85.8 Å². The second-order valence-corrected chi connectivity index (χ2v) is 3.23. The van der Waals surface area contributed by atoms with E-state index in [0.717, 1.165) is 13.0 Å². The van der Waals surface area contributed by atoms with Crippen molar-refractivity contribution in [3.63, 3.8) is 0 Å². The molecular weight excluding hydrogens is 176 g/mol. The number of methoxy groups -OCH3 is 1. The van der Waals surface area contributed by atoms with Gasteiger partial charge in [0.05, 0.1) is 19.0 Å². The molecule has 0 saturated carbocycles. The fraction of sp³-hybridized carbons (Fsp3) is 0.545. The summed E-state index contributed by atoms with van der Waals surface area (Å²) in [5, 5.41) is 0. The van der Waals surface area contributed by atoms with Gasteiger partial charge in [-0.1, -0.05) is 6.92 Å². The smallest absolute Gasteiger partial charge is 0.0936 e. The highest BCUT2D eigenvalue weighted by Gasteiger charge is 2.05. The lowest BCUT2D eigenvalue weighted by Crippen LogP contribution is -2.18. The van der Waals surface area contributed by atoms with Crippen LogP contribution in [0.1, 0.15) is 20.3 Å². The first-order valence-corrected chi connectivity index (χ1v) is 4.96. The summed E-state index contributed by atoms with van der Waals surface area (Å²) in [6.45, 7) is 4.94. The van der Waals surface area contributed by atoms with Gasteiger partial charge < -0.3 is 9.64 Å². The molecule has 0 fully saturated rings. The zero-order chi connectivity index (χ0) is 10.4. The van der Waals surface area contributed by atoms with Gasteiger partial charge in [-0.15, -0.1) is 0 Å². The number of hydrogen-bond acceptors (Lipinski definition) is 3. The molecule has 0 spiro atoms. The van der Waals surface area contributed by atoms with Crippen LogP contribution in [-0.4, -0.2) is 31.0 Å². The Kier molecular flexibility index (Phi) is 4.40. The van der Waals surface area contributed by atoms with Gasteiger partial charge in [0, 0.05) is 19.0 Å². The van der Waals surface area contributed by atoms with E-state index in [1.165, 1.54) is 5.70 Å². The van der Waals surface area contributed by atoms with E-state index in [2.05, 4.69) is 18.0 Å². The van der Waals surface area contributed by atoms with E-state index in [1.807, 2.05) is 30.4 Å². The van der Waals surface area contributed by atoms with Crippen LogP contribution >= 0.6 is 0 Å². The predicted molar refractivity (Wildman–Crippen MR) is 59.2 cm³/mol. The molecule has 1 unspecified atom stereocenters. The predicted octanol–water partition coefficient (Wildman–Crippen LogP) is 2.17. The Morgan fingerprint density at radius 2 is 2.50 bits per heavy atom. The van der Waals surface area contributed by atoms with E-state index < -0.39 is 0 Å². The molecule has 3 heteroatoms. The van der Waals surface area contributed by atoms with Crippen LogP contribution in [0.25, 0.3) is 0 Å². The standard InChI is InChI=1S/C11H18N2O/c1-4-11(8-10(2)14-3)13-7-5-6-12-9-13/h5,7-10H,4,6H2,1-3H3/b11-8+. The van der Waals surface area contributed by atoms with Gasteiger partial charge in [0.15, 0.2) is 0 Å². The third-order valence-electron chi connectivity index (χ3n) is 2.18. The number of hydrogen-bond donors (Lipinski definition) is 0. The Bertz CT molecular complexity index is 244. The molecule has 1 aliphatic heterocycles. The van der Waals surface area contributed by atoms with Gasteiger partial charge >= 0.3 is 0 Å². The molecule has 0 aromatic carbocycles. The summed E-state index contributed by atoms with van der Waals surface area (Å²) < 4.78 is 5.20. The maximum absolute atomic E-state index is 5.20. The van der Waals surface area contributed by atoms with E-state index in [1.54, 1.807) is 7.11 Å². The fourth-order valence-corrected chi connectivity index (χ4v) is 1.29. The zero-order valence-electron chi connectivity index (χ0n) is 9.10. The van der Waals surface area contributed by atoms with Crippen LogP contribution in [0.15, 0.2) is 29.0 Å². The summed E-state index contributed by atoms with van der Waals surface area (Å²) >= 11 is 0. The molecule has 0 aromatic rings. The molecule has 0 radical (unpaired) electrons. The Balaban J connectivity index is 2.69. The van der Waals surface area contributed by atoms with E-state index >= 15 is 0 Å². The van der Waals surface area contributed by atoms with Crippen LogP contribution < -0.4 is 0 Å². The lowest BCUT2D eigenvalue weighted by molar-refractivity contribution is 0.154. The SMILES string of the molecule is CC/C(=C\C(C)OC)N1C=CCN=C1. The van der Waals surface area contributed by atoms with Crippen molar-refractivity contribution in [3.05, 3.63) is 24.0 Å². The van der Waals surface area contributed by atoms with Gasteiger partial charge in [-0.3, -0.25) is 4.99 Å². The molecule has 3 nitrogen and oxygen atoms in total. The number of ether oxygens (including phenoxy) is 1. The fourth-order valence-electron chi connectivity index (χ4n) is 1.29. The van der Waals surface area contributed by atoms with Gasteiger partial charge in [0.25, 0.3) is 0 Å². The van der Waals surface area contributed by atoms with Crippen LogP contribution in [0.2, 0.25) is 0 Å². The summed E-state index contributed by atoms with van der Waals surface area (Å²) in [4.78, 5) is 6.23. The molecule has 0 aliphatic carbocycles. The summed E-state index contributed by atoms with van der Waals surface area (Å²) in [5.41, 5.74) is 1.22. The Hall–Kier alpha value is -1.09. The lowest BCUT2D eigenvalue weighted by Gasteiger charge is -2.21. The van der Waals surface area contributed by atoms with Crippen LogP contribution in [0.4, 0.5) is 0 Å². The molecule has 1 aliphatic rings. The summed E-state index contributed by atoms with van der Waals surface area (Å²) in [6.07, 6.45) is 9.18. The molecular formula is C11H18N2O. The topological polar surface area (TPSA) is 24.8 Å². The highest BCUT2D eigenvalue weighted by atomic mass is 16.5. The minimum atomic E-state index is 0.147. The summed E-state index contributed by atoms with van der Waals surface area (Å²) in [5.74, 6) is 0. The van der Waals surface area contributed by atoms with Crippen molar-refractivity contribution in [1.29, 1.82) is 0 Å². The van der Waals surface area contributed by atoms with Crippen LogP contribution in [0.5, 0.6) is 0 Å². The molecule has 0 bridgehead atoms. The van der Waals surface area contributed by atoms with Gasteiger partial charge in [0.1, 0.15) is 0 Å². The van der Waals surface area contributed by atoms with Gasteiger partial charge in [-0.25, -0.2) is 0 Å². The van der Waals surface area contributed by atoms with E-state index in [4.69, 9.17) is 4.74 Å². The molecule has 1 rings (SSSR count). The second kappa shape index (κ2) is 5.60. The molecule has 1 atom stereocenters. The third kappa shape index (κ3) is 3.00. The lowest BCUT2D eigenvalue weighted by atomic mass is 10.2. The van der Waals surface area contributed by atoms with Crippen molar-refractivity contribution in [2.45, 2.75) is 26.4 Å². The first kappa shape index (κ1) is 11.0. The Morgan fingerprint density at radius 3 is 3.00 bits per heavy atom. The van der Waals surface area contributed by atoms with Crippen molar-refractivity contribution < 1.29 is 4.74 Å². The number of aliphatic imine (C=N–C) groups is 1. The minimum absolute atomic E-state index is 0.147. The maximum Gasteiger partial charge on any atom is 0.0936 e. The highest BCUT2D eigenvalue weighted by Crippen LogP contribution is 2.11. The second-order valence-electron chi connectivity index (χ2n) is 3.23. The quantitative estimate of drug-likeness (QED) is 0.685. The summed E-state index contributed by atoms with van der Waals surface area (Å²) in [6, 6.07) is 0. The van der Waals surface area contributed by atoms with Crippen molar-refractivity contribution in [2.24, 2.45) is 4.99 Å². The van der Waals surface area contributed by atoms with Crippen LogP contribution in [-0.2, 0) is 4.74 Å². The number of allylic oxidation sites excluding steroid dienone is 1. The molecule has 0 amide bonds. The van der Waals surface area contributed by atoms with Crippen molar-refractivity contribution in [1.82, 2.24) is 4.90 Å². The molecule has 0 aromatic heterocycles. The Morgan fingerprint density at radius 1 is 1.71 bits per heavy atom. The highest BCUT2D eigenvalue weighted by molar-refractivity contribution is 5.61. The van der Waals surface area contributed by atoms with Gasteiger partial charge in [0.2, 0.25) is 0 Å².